The van der Waals surface area contributed by atoms with Crippen molar-refractivity contribution in [1.82, 2.24) is 19.9 Å². The second kappa shape index (κ2) is 8.99. The van der Waals surface area contributed by atoms with Crippen LogP contribution in [0.2, 0.25) is 0 Å². The summed E-state index contributed by atoms with van der Waals surface area (Å²) in [6.07, 6.45) is 4.33. The number of urea groups is 1. The lowest BCUT2D eigenvalue weighted by molar-refractivity contribution is 0.0984. The highest BCUT2D eigenvalue weighted by molar-refractivity contribution is 5.88. The number of morpholine rings is 1. The van der Waals surface area contributed by atoms with Gasteiger partial charge in [-0.2, -0.15) is 0 Å². The first-order chi connectivity index (χ1) is 16.1. The van der Waals surface area contributed by atoms with Crippen LogP contribution in [0.5, 0.6) is 0 Å². The van der Waals surface area contributed by atoms with Crippen molar-refractivity contribution >= 4 is 23.5 Å². The number of fused-ring (bicyclic) bond motifs is 1. The molecule has 0 unspecified atom stereocenters. The molecule has 10 heteroatoms. The first-order valence-corrected chi connectivity index (χ1v) is 11.0. The van der Waals surface area contributed by atoms with Gasteiger partial charge in [-0.05, 0) is 43.7 Å². The molecule has 1 fully saturated rings. The number of hydrogen-bond acceptors (Lipinski definition) is 8. The summed E-state index contributed by atoms with van der Waals surface area (Å²) in [5, 5.41) is 2.58. The molecule has 4 heterocycles. The van der Waals surface area contributed by atoms with Gasteiger partial charge < -0.3 is 25.6 Å². The second-order valence-electron chi connectivity index (χ2n) is 8.20. The van der Waals surface area contributed by atoms with Crippen molar-refractivity contribution in [2.45, 2.75) is 25.9 Å². The largest absolute Gasteiger partial charge is 0.377 e. The Morgan fingerprint density at radius 3 is 2.67 bits per heavy atom. The molecule has 0 bridgehead atoms. The minimum Gasteiger partial charge on any atom is -0.377 e. The quantitative estimate of drug-likeness (QED) is 0.625. The van der Waals surface area contributed by atoms with Crippen LogP contribution in [0.3, 0.4) is 0 Å². The highest BCUT2D eigenvalue weighted by Gasteiger charge is 2.29. The summed E-state index contributed by atoms with van der Waals surface area (Å²) in [6.45, 7) is 5.71. The highest BCUT2D eigenvalue weighted by atomic mass is 16.5. The maximum Gasteiger partial charge on any atom is 0.316 e. The average Bonchev–Trinajstić information content (AvgIpc) is 2.84. The zero-order valence-corrected chi connectivity index (χ0v) is 18.4. The van der Waals surface area contributed by atoms with Crippen LogP contribution in [0.4, 0.5) is 22.2 Å². The summed E-state index contributed by atoms with van der Waals surface area (Å²) in [5.74, 6) is 2.31. The number of primary amides is 1. The molecule has 2 amide bonds. The van der Waals surface area contributed by atoms with E-state index in [2.05, 4.69) is 32.0 Å². The number of nitrogens with one attached hydrogen (secondary N) is 1. The van der Waals surface area contributed by atoms with Crippen LogP contribution in [-0.2, 0) is 17.7 Å². The minimum absolute atomic E-state index is 0.225. The third-order valence-corrected chi connectivity index (χ3v) is 5.93. The van der Waals surface area contributed by atoms with Gasteiger partial charge in [-0.3, -0.25) is 0 Å². The van der Waals surface area contributed by atoms with E-state index in [9.17, 15) is 4.79 Å². The molecule has 2 aliphatic rings. The van der Waals surface area contributed by atoms with Crippen LogP contribution in [0.15, 0.2) is 42.7 Å². The number of carbonyl (C=O) groups is 1. The van der Waals surface area contributed by atoms with Gasteiger partial charge in [0.25, 0.3) is 0 Å². The van der Waals surface area contributed by atoms with Gasteiger partial charge in [0, 0.05) is 42.3 Å². The molecule has 3 N–H and O–H groups in total. The van der Waals surface area contributed by atoms with Gasteiger partial charge in [0.05, 0.1) is 31.5 Å². The number of nitrogens with two attached hydrogens (primary N) is 1. The van der Waals surface area contributed by atoms with Crippen molar-refractivity contribution in [3.8, 4) is 11.4 Å². The number of carbonyl (C=O) groups excluding carboxylic acids is 1. The monoisotopic (exact) mass is 446 g/mol. The average molecular weight is 447 g/mol. The van der Waals surface area contributed by atoms with Crippen molar-refractivity contribution in [3.05, 3.63) is 54.0 Å². The molecule has 1 aromatic carbocycles. The van der Waals surface area contributed by atoms with E-state index in [1.54, 1.807) is 24.5 Å². The first kappa shape index (κ1) is 21.1. The minimum atomic E-state index is -0.598. The number of hydrogen-bond donors (Lipinski definition) is 2. The summed E-state index contributed by atoms with van der Waals surface area (Å²) < 4.78 is 5.66. The zero-order valence-electron chi connectivity index (χ0n) is 18.4. The predicted molar refractivity (Wildman–Crippen MR) is 125 cm³/mol. The molecule has 2 aromatic heterocycles. The van der Waals surface area contributed by atoms with Gasteiger partial charge in [0.15, 0.2) is 5.82 Å². The van der Waals surface area contributed by atoms with Gasteiger partial charge in [-0.1, -0.05) is 0 Å². The van der Waals surface area contributed by atoms with Crippen LogP contribution in [0.25, 0.3) is 11.4 Å². The molecule has 0 saturated carbocycles. The molecule has 1 saturated heterocycles. The molecule has 3 aromatic rings. The van der Waals surface area contributed by atoms with Gasteiger partial charge >= 0.3 is 6.03 Å². The van der Waals surface area contributed by atoms with Gasteiger partial charge in [-0.25, -0.2) is 24.7 Å². The van der Waals surface area contributed by atoms with Crippen LogP contribution in [0.1, 0.15) is 18.2 Å². The lowest BCUT2D eigenvalue weighted by Crippen LogP contribution is -2.45. The Balaban J connectivity index is 1.54. The Kier molecular flexibility index (Phi) is 5.74. The number of benzene rings is 1. The van der Waals surface area contributed by atoms with Crippen LogP contribution >= 0.6 is 0 Å². The molecule has 170 valence electrons. The summed E-state index contributed by atoms with van der Waals surface area (Å²) in [6, 6.07) is 8.81. The standard InChI is InChI=1S/C23H26N8O2/c1-15-14-33-12-11-31(15)21-18-7-10-30(23-25-8-2-9-26-23)13-19(18)28-20(29-21)16-3-5-17(6-4-16)27-22(24)32/h2-6,8-9,15H,7,10-14H2,1H3,(H3,24,27,32)/t15-/m0/s1. The van der Waals surface area contributed by atoms with E-state index in [1.807, 2.05) is 18.2 Å². The molecule has 10 nitrogen and oxygen atoms in total. The molecule has 5 rings (SSSR count). The van der Waals surface area contributed by atoms with Crippen LogP contribution in [0, 0.1) is 0 Å². The van der Waals surface area contributed by atoms with E-state index in [-0.39, 0.29) is 6.04 Å². The fraction of sp³-hybridized carbons (Fsp3) is 0.348. The Labute approximate surface area is 191 Å². The van der Waals surface area contributed by atoms with Crippen LogP contribution < -0.4 is 20.9 Å². The normalized spacial score (nSPS) is 18.0. The lowest BCUT2D eigenvalue weighted by atomic mass is 10.0. The molecule has 0 radical (unpaired) electrons. The number of anilines is 3. The van der Waals surface area contributed by atoms with Crippen molar-refractivity contribution in [1.29, 1.82) is 0 Å². The second-order valence-corrected chi connectivity index (χ2v) is 8.20. The SMILES string of the molecule is C[C@H]1COCCN1c1nc(-c2ccc(NC(N)=O)cc2)nc2c1CCN(c1ncccn1)C2. The summed E-state index contributed by atoms with van der Waals surface area (Å²) >= 11 is 0. The fourth-order valence-corrected chi connectivity index (χ4v) is 4.29. The maximum atomic E-state index is 11.1. The Bertz CT molecular complexity index is 1140. The van der Waals surface area contributed by atoms with Crippen molar-refractivity contribution in [2.75, 3.05) is 41.4 Å². The number of ether oxygens (including phenoxy) is 1. The van der Waals surface area contributed by atoms with E-state index < -0.39 is 6.03 Å². The number of aromatic nitrogens is 4. The molecular weight excluding hydrogens is 420 g/mol. The van der Waals surface area contributed by atoms with Crippen molar-refractivity contribution in [3.63, 3.8) is 0 Å². The molecular formula is C23H26N8O2. The van der Waals surface area contributed by atoms with Gasteiger partial charge in [-0.15, -0.1) is 0 Å². The third kappa shape index (κ3) is 4.42. The number of rotatable bonds is 4. The summed E-state index contributed by atoms with van der Waals surface area (Å²) in [4.78, 5) is 34.4. The molecule has 0 spiro atoms. The molecule has 1 atom stereocenters. The maximum absolute atomic E-state index is 11.1. The predicted octanol–water partition coefficient (Wildman–Crippen LogP) is 2.21. The topological polar surface area (TPSA) is 122 Å². The Morgan fingerprint density at radius 1 is 1.15 bits per heavy atom. The Morgan fingerprint density at radius 2 is 1.94 bits per heavy atom. The highest BCUT2D eigenvalue weighted by Crippen LogP contribution is 2.32. The molecule has 2 aliphatic heterocycles. The van der Waals surface area contributed by atoms with Crippen molar-refractivity contribution in [2.24, 2.45) is 5.73 Å². The number of amides is 2. The van der Waals surface area contributed by atoms with E-state index in [4.69, 9.17) is 20.4 Å². The van der Waals surface area contributed by atoms with Crippen molar-refractivity contribution < 1.29 is 9.53 Å². The first-order valence-electron chi connectivity index (χ1n) is 11.0. The van der Waals surface area contributed by atoms with E-state index >= 15 is 0 Å². The lowest BCUT2D eigenvalue weighted by Gasteiger charge is -2.37. The Hall–Kier alpha value is -3.79. The zero-order chi connectivity index (χ0) is 22.8. The molecule has 33 heavy (non-hydrogen) atoms. The van der Waals surface area contributed by atoms with E-state index in [0.717, 1.165) is 36.6 Å². The summed E-state index contributed by atoms with van der Waals surface area (Å²) in [5.41, 5.74) is 8.86. The third-order valence-electron chi connectivity index (χ3n) is 5.93. The van der Waals surface area contributed by atoms with E-state index in [0.29, 0.717) is 37.2 Å². The van der Waals surface area contributed by atoms with Gasteiger partial charge in [0.2, 0.25) is 5.95 Å². The van der Waals surface area contributed by atoms with Crippen LogP contribution in [-0.4, -0.2) is 58.3 Å². The number of nitrogens with zero attached hydrogens (tertiary/aromatic N) is 6. The molecule has 0 aliphatic carbocycles. The summed E-state index contributed by atoms with van der Waals surface area (Å²) in [7, 11) is 0. The van der Waals surface area contributed by atoms with E-state index in [1.165, 1.54) is 5.56 Å². The van der Waals surface area contributed by atoms with Gasteiger partial charge in [0.1, 0.15) is 5.82 Å². The fourth-order valence-electron chi connectivity index (χ4n) is 4.29. The smallest absolute Gasteiger partial charge is 0.316 e.